The average molecular weight is 240 g/mol. The van der Waals surface area contributed by atoms with Crippen LogP contribution in [0.1, 0.15) is 65.7 Å². The van der Waals surface area contributed by atoms with E-state index in [0.29, 0.717) is 0 Å². The summed E-state index contributed by atoms with van der Waals surface area (Å²) in [4.78, 5) is 2.72. The molecule has 0 spiro atoms. The quantitative estimate of drug-likeness (QED) is 0.699. The van der Waals surface area contributed by atoms with Gasteiger partial charge in [-0.15, -0.1) is 0 Å². The smallest absolute Gasteiger partial charge is 0.0249 e. The lowest BCUT2D eigenvalue weighted by atomic mass is 9.89. The Morgan fingerprint density at radius 3 is 2.47 bits per heavy atom. The first kappa shape index (κ1) is 15.0. The zero-order chi connectivity index (χ0) is 12.5. The molecule has 1 fully saturated rings. The molecule has 0 saturated heterocycles. The third-order valence-corrected chi connectivity index (χ3v) is 4.06. The summed E-state index contributed by atoms with van der Waals surface area (Å²) in [6.07, 6.45) is 9.55. The van der Waals surface area contributed by atoms with E-state index in [1.807, 2.05) is 0 Å². The molecular formula is C15H32N2. The third kappa shape index (κ3) is 4.97. The lowest BCUT2D eigenvalue weighted by Gasteiger charge is -2.40. The van der Waals surface area contributed by atoms with Gasteiger partial charge in [0.2, 0.25) is 0 Å². The number of unbranched alkanes of at least 4 members (excludes halogenated alkanes) is 1. The van der Waals surface area contributed by atoms with Gasteiger partial charge in [0.1, 0.15) is 0 Å². The Kier molecular flexibility index (Phi) is 7.87. The molecule has 1 saturated carbocycles. The van der Waals surface area contributed by atoms with Gasteiger partial charge in [-0.3, -0.25) is 4.90 Å². The summed E-state index contributed by atoms with van der Waals surface area (Å²) in [6.45, 7) is 10.6. The molecule has 2 heteroatoms. The van der Waals surface area contributed by atoms with Gasteiger partial charge >= 0.3 is 0 Å². The van der Waals surface area contributed by atoms with Gasteiger partial charge in [0, 0.05) is 12.1 Å². The average Bonchev–Trinajstić information content (AvgIpc) is 2.38. The lowest BCUT2D eigenvalue weighted by Crippen LogP contribution is -2.52. The van der Waals surface area contributed by atoms with E-state index in [2.05, 4.69) is 31.0 Å². The van der Waals surface area contributed by atoms with Crippen LogP contribution < -0.4 is 5.32 Å². The zero-order valence-electron chi connectivity index (χ0n) is 12.2. The summed E-state index contributed by atoms with van der Waals surface area (Å²) in [7, 11) is 0. The maximum Gasteiger partial charge on any atom is 0.0249 e. The van der Waals surface area contributed by atoms with E-state index in [4.69, 9.17) is 0 Å². The summed E-state index contributed by atoms with van der Waals surface area (Å²) in [5, 5.41) is 3.77. The molecule has 102 valence electrons. The summed E-state index contributed by atoms with van der Waals surface area (Å²) in [5.41, 5.74) is 0. The van der Waals surface area contributed by atoms with Crippen molar-refractivity contribution >= 4 is 0 Å². The number of hydrogen-bond donors (Lipinski definition) is 1. The molecule has 0 heterocycles. The van der Waals surface area contributed by atoms with E-state index < -0.39 is 0 Å². The van der Waals surface area contributed by atoms with Crippen LogP contribution in [0.3, 0.4) is 0 Å². The van der Waals surface area contributed by atoms with Gasteiger partial charge in [0.25, 0.3) is 0 Å². The van der Waals surface area contributed by atoms with Crippen molar-refractivity contribution in [3.05, 3.63) is 0 Å². The van der Waals surface area contributed by atoms with Crippen LogP contribution in [0.15, 0.2) is 0 Å². The second-order valence-corrected chi connectivity index (χ2v) is 5.39. The van der Waals surface area contributed by atoms with Gasteiger partial charge in [-0.2, -0.15) is 0 Å². The Hall–Kier alpha value is -0.0800. The molecular weight excluding hydrogens is 208 g/mol. The number of rotatable bonds is 8. The minimum Gasteiger partial charge on any atom is -0.312 e. The van der Waals surface area contributed by atoms with Crippen LogP contribution in [0.4, 0.5) is 0 Å². The first-order chi connectivity index (χ1) is 8.33. The Morgan fingerprint density at radius 1 is 1.06 bits per heavy atom. The van der Waals surface area contributed by atoms with E-state index >= 15 is 0 Å². The highest BCUT2D eigenvalue weighted by Gasteiger charge is 2.28. The standard InChI is InChI=1S/C15H32N2/c1-4-7-13-17(6-3)15-11-9-8-10-14(15)16-12-5-2/h14-16H,4-13H2,1-3H3. The van der Waals surface area contributed by atoms with E-state index in [1.165, 1.54) is 64.6 Å². The number of nitrogens with zero attached hydrogens (tertiary/aromatic N) is 1. The number of nitrogens with one attached hydrogen (secondary N) is 1. The highest BCUT2D eigenvalue weighted by Crippen LogP contribution is 2.23. The van der Waals surface area contributed by atoms with Crippen molar-refractivity contribution < 1.29 is 0 Å². The Balaban J connectivity index is 2.48. The van der Waals surface area contributed by atoms with Gasteiger partial charge in [-0.1, -0.05) is 40.0 Å². The van der Waals surface area contributed by atoms with E-state index in [1.54, 1.807) is 0 Å². The fourth-order valence-corrected chi connectivity index (χ4v) is 3.04. The van der Waals surface area contributed by atoms with Gasteiger partial charge in [0.05, 0.1) is 0 Å². The second kappa shape index (κ2) is 8.93. The predicted molar refractivity (Wildman–Crippen MR) is 76.5 cm³/mol. The molecule has 0 aromatic heterocycles. The molecule has 0 amide bonds. The van der Waals surface area contributed by atoms with Crippen molar-refractivity contribution in [1.82, 2.24) is 10.2 Å². The molecule has 17 heavy (non-hydrogen) atoms. The lowest BCUT2D eigenvalue weighted by molar-refractivity contribution is 0.126. The molecule has 0 aromatic rings. The maximum atomic E-state index is 3.77. The van der Waals surface area contributed by atoms with Crippen LogP contribution >= 0.6 is 0 Å². The van der Waals surface area contributed by atoms with Crippen molar-refractivity contribution in [2.24, 2.45) is 0 Å². The molecule has 0 bridgehead atoms. The van der Waals surface area contributed by atoms with Crippen LogP contribution in [0, 0.1) is 0 Å². The van der Waals surface area contributed by atoms with Crippen LogP contribution in [-0.4, -0.2) is 36.6 Å². The van der Waals surface area contributed by atoms with Crippen molar-refractivity contribution in [1.29, 1.82) is 0 Å². The molecule has 0 aromatic carbocycles. The molecule has 2 atom stereocenters. The van der Waals surface area contributed by atoms with Gasteiger partial charge in [-0.25, -0.2) is 0 Å². The summed E-state index contributed by atoms with van der Waals surface area (Å²) in [5.74, 6) is 0. The van der Waals surface area contributed by atoms with E-state index in [0.717, 1.165) is 12.1 Å². The molecule has 2 unspecified atom stereocenters. The molecule has 2 nitrogen and oxygen atoms in total. The normalized spacial score (nSPS) is 25.4. The van der Waals surface area contributed by atoms with Crippen molar-refractivity contribution in [3.8, 4) is 0 Å². The minimum atomic E-state index is 0.750. The Morgan fingerprint density at radius 2 is 1.82 bits per heavy atom. The Bertz CT molecular complexity index is 172. The Labute approximate surface area is 108 Å². The van der Waals surface area contributed by atoms with Gasteiger partial charge in [-0.05, 0) is 45.3 Å². The van der Waals surface area contributed by atoms with Crippen molar-refractivity contribution in [2.75, 3.05) is 19.6 Å². The van der Waals surface area contributed by atoms with E-state index in [-0.39, 0.29) is 0 Å². The maximum absolute atomic E-state index is 3.77. The van der Waals surface area contributed by atoms with Crippen LogP contribution in [0.2, 0.25) is 0 Å². The second-order valence-electron chi connectivity index (χ2n) is 5.39. The van der Waals surface area contributed by atoms with Crippen LogP contribution in [0.5, 0.6) is 0 Å². The minimum absolute atomic E-state index is 0.750. The van der Waals surface area contributed by atoms with E-state index in [9.17, 15) is 0 Å². The highest BCUT2D eigenvalue weighted by molar-refractivity contribution is 4.87. The monoisotopic (exact) mass is 240 g/mol. The number of hydrogen-bond acceptors (Lipinski definition) is 2. The molecule has 1 N–H and O–H groups in total. The largest absolute Gasteiger partial charge is 0.312 e. The summed E-state index contributed by atoms with van der Waals surface area (Å²) in [6, 6.07) is 1.55. The molecule has 1 rings (SSSR count). The van der Waals surface area contributed by atoms with Gasteiger partial charge < -0.3 is 5.32 Å². The highest BCUT2D eigenvalue weighted by atomic mass is 15.2. The topological polar surface area (TPSA) is 15.3 Å². The fourth-order valence-electron chi connectivity index (χ4n) is 3.04. The van der Waals surface area contributed by atoms with Crippen LogP contribution in [-0.2, 0) is 0 Å². The molecule has 0 radical (unpaired) electrons. The van der Waals surface area contributed by atoms with Gasteiger partial charge in [0.15, 0.2) is 0 Å². The third-order valence-electron chi connectivity index (χ3n) is 4.06. The molecule has 1 aliphatic carbocycles. The SMILES string of the molecule is CCCCN(CC)C1CCCCC1NCCC. The molecule has 1 aliphatic rings. The zero-order valence-corrected chi connectivity index (χ0v) is 12.2. The first-order valence-corrected chi connectivity index (χ1v) is 7.80. The fraction of sp³-hybridized carbons (Fsp3) is 1.00. The van der Waals surface area contributed by atoms with Crippen molar-refractivity contribution in [3.63, 3.8) is 0 Å². The van der Waals surface area contributed by atoms with Crippen LogP contribution in [0.25, 0.3) is 0 Å². The molecule has 0 aliphatic heterocycles. The first-order valence-electron chi connectivity index (χ1n) is 7.80. The predicted octanol–water partition coefficient (Wildman–Crippen LogP) is 3.42. The number of likely N-dealkylation sites (N-methyl/N-ethyl adjacent to an activating group) is 1. The van der Waals surface area contributed by atoms with Crippen molar-refractivity contribution in [2.45, 2.75) is 77.8 Å². The summed E-state index contributed by atoms with van der Waals surface area (Å²) >= 11 is 0. The summed E-state index contributed by atoms with van der Waals surface area (Å²) < 4.78 is 0.